The molecule has 2 N–H and O–H groups in total. The van der Waals surface area contributed by atoms with E-state index in [1.165, 1.54) is 11.4 Å². The summed E-state index contributed by atoms with van der Waals surface area (Å²) in [6.45, 7) is 6.28. The van der Waals surface area contributed by atoms with E-state index in [0.29, 0.717) is 19.6 Å². The fourth-order valence-corrected chi connectivity index (χ4v) is 4.04. The highest BCUT2D eigenvalue weighted by molar-refractivity contribution is 8.64. The number of nitrogens with one attached hydrogen (secondary N) is 2. The molecule has 0 saturated heterocycles. The Morgan fingerprint density at radius 3 is 2.57 bits per heavy atom. The summed E-state index contributed by atoms with van der Waals surface area (Å²) in [6.07, 6.45) is 0.580. The normalized spacial score (nSPS) is 12.2. The van der Waals surface area contributed by atoms with E-state index in [9.17, 15) is 14.4 Å². The third kappa shape index (κ3) is 12.3. The first kappa shape index (κ1) is 22.2. The predicted molar refractivity (Wildman–Crippen MR) is 95.1 cm³/mol. The van der Waals surface area contributed by atoms with E-state index in [4.69, 9.17) is 21.3 Å². The summed E-state index contributed by atoms with van der Waals surface area (Å²) in [6, 6.07) is -0.673. The molecule has 0 aromatic rings. The number of ether oxygens (including phenoxy) is 2. The molecule has 0 radical (unpaired) electrons. The maximum absolute atomic E-state index is 11.8. The van der Waals surface area contributed by atoms with Crippen LogP contribution in [-0.4, -0.2) is 55.7 Å². The Kier molecular flexibility index (Phi) is 13.2. The number of hydrogen-bond acceptors (Lipinski definition) is 7. The summed E-state index contributed by atoms with van der Waals surface area (Å²) in [5, 5.41) is 5.16. The first-order valence-corrected chi connectivity index (χ1v) is 11.4. The lowest BCUT2D eigenvalue weighted by molar-refractivity contribution is -0.143. The number of carbonyl (C=O) groups is 3. The minimum absolute atomic E-state index is 0.105. The van der Waals surface area contributed by atoms with Crippen LogP contribution in [0.4, 0.5) is 0 Å². The summed E-state index contributed by atoms with van der Waals surface area (Å²) in [5.74, 6) is -1.58. The standard InChI is InChI=1S/C13H23N2O5PS2/c1-4-19-9-21(22)23-8-11(16)15-10(3)13(18)14-7-6-12(17)20-5-2/h10H,4-9H2,1-3H3,(H-,14,15,16,18)/p+1/t10-/m0/s1. The molecule has 0 fully saturated rings. The van der Waals surface area contributed by atoms with E-state index >= 15 is 0 Å². The van der Waals surface area contributed by atoms with Crippen molar-refractivity contribution in [3.8, 4) is 0 Å². The van der Waals surface area contributed by atoms with Crippen LogP contribution in [0.15, 0.2) is 0 Å². The van der Waals surface area contributed by atoms with Crippen molar-refractivity contribution < 1.29 is 23.9 Å². The highest BCUT2D eigenvalue weighted by Crippen LogP contribution is 2.37. The molecular formula is C13H24N2O5PS2+. The van der Waals surface area contributed by atoms with Gasteiger partial charge in [-0.25, -0.2) is 0 Å². The van der Waals surface area contributed by atoms with Crippen molar-refractivity contribution in [2.24, 2.45) is 0 Å². The largest absolute Gasteiger partial charge is 0.466 e. The Morgan fingerprint density at radius 2 is 1.96 bits per heavy atom. The van der Waals surface area contributed by atoms with Gasteiger partial charge >= 0.3 is 5.97 Å². The van der Waals surface area contributed by atoms with Gasteiger partial charge in [-0.05, 0) is 20.8 Å². The van der Waals surface area contributed by atoms with Crippen molar-refractivity contribution in [2.45, 2.75) is 33.2 Å². The summed E-state index contributed by atoms with van der Waals surface area (Å²) in [7, 11) is 0. The number of hydrogen-bond donors (Lipinski definition) is 2. The second-order valence-electron chi connectivity index (χ2n) is 4.36. The number of carbonyl (C=O) groups excluding carboxylic acids is 3. The first-order valence-electron chi connectivity index (χ1n) is 7.28. The molecule has 0 rings (SSSR count). The minimum atomic E-state index is -0.815. The van der Waals surface area contributed by atoms with Crippen molar-refractivity contribution >= 4 is 46.9 Å². The average Bonchev–Trinajstić information content (AvgIpc) is 2.50. The van der Waals surface area contributed by atoms with E-state index < -0.39 is 11.9 Å². The van der Waals surface area contributed by atoms with Gasteiger partial charge in [0.15, 0.2) is 11.8 Å². The van der Waals surface area contributed by atoms with Crippen LogP contribution in [0.1, 0.15) is 27.2 Å². The molecule has 10 heteroatoms. The van der Waals surface area contributed by atoms with Crippen LogP contribution in [0.25, 0.3) is 0 Å². The van der Waals surface area contributed by atoms with Gasteiger partial charge in [-0.1, -0.05) is 0 Å². The van der Waals surface area contributed by atoms with Crippen molar-refractivity contribution in [2.75, 3.05) is 31.9 Å². The second-order valence-corrected chi connectivity index (χ2v) is 9.95. The molecule has 0 aliphatic heterocycles. The third-order valence-electron chi connectivity index (χ3n) is 2.44. The lowest BCUT2D eigenvalue weighted by Gasteiger charge is -2.13. The van der Waals surface area contributed by atoms with Crippen LogP contribution >= 0.6 is 17.3 Å². The smallest absolute Gasteiger partial charge is 0.307 e. The van der Waals surface area contributed by atoms with Crippen LogP contribution in [0.5, 0.6) is 0 Å². The summed E-state index contributed by atoms with van der Waals surface area (Å²) < 4.78 is 9.95. The van der Waals surface area contributed by atoms with Crippen molar-refractivity contribution in [3.63, 3.8) is 0 Å². The Labute approximate surface area is 146 Å². The van der Waals surface area contributed by atoms with E-state index in [2.05, 4.69) is 10.6 Å². The molecule has 132 valence electrons. The fraction of sp³-hybridized carbons (Fsp3) is 0.769. The second kappa shape index (κ2) is 13.7. The predicted octanol–water partition coefficient (Wildman–Crippen LogP) is 1.15. The van der Waals surface area contributed by atoms with Crippen molar-refractivity contribution in [1.29, 1.82) is 0 Å². The van der Waals surface area contributed by atoms with E-state index in [-0.39, 0.29) is 36.5 Å². The summed E-state index contributed by atoms with van der Waals surface area (Å²) in [4.78, 5) is 34.6. The SMILES string of the molecule is CCOC[P+](=S)SCC(=O)N[C@@H](C)C(=O)NCCC(=O)OCC. The topological polar surface area (TPSA) is 93.7 Å². The monoisotopic (exact) mass is 383 g/mol. The highest BCUT2D eigenvalue weighted by Gasteiger charge is 2.19. The van der Waals surface area contributed by atoms with E-state index in [1.807, 2.05) is 6.92 Å². The Hall–Kier alpha value is -0.760. The lowest BCUT2D eigenvalue weighted by atomic mass is 10.3. The van der Waals surface area contributed by atoms with Gasteiger partial charge in [0.25, 0.3) is 5.90 Å². The molecule has 0 aliphatic rings. The maximum Gasteiger partial charge on any atom is 0.307 e. The molecule has 0 heterocycles. The quantitative estimate of drug-likeness (QED) is 0.386. The van der Waals surface area contributed by atoms with Gasteiger partial charge < -0.3 is 20.1 Å². The van der Waals surface area contributed by atoms with Crippen LogP contribution < -0.4 is 10.6 Å². The van der Waals surface area contributed by atoms with Gasteiger partial charge in [0.05, 0.1) is 13.0 Å². The Morgan fingerprint density at radius 1 is 1.26 bits per heavy atom. The first-order chi connectivity index (χ1) is 10.9. The number of amides is 2. The summed E-state index contributed by atoms with van der Waals surface area (Å²) >= 11 is 6.54. The zero-order valence-electron chi connectivity index (χ0n) is 13.6. The zero-order valence-corrected chi connectivity index (χ0v) is 16.2. The lowest BCUT2D eigenvalue weighted by Crippen LogP contribution is -2.45. The van der Waals surface area contributed by atoms with Crippen molar-refractivity contribution in [3.05, 3.63) is 0 Å². The molecule has 0 aliphatic carbocycles. The third-order valence-corrected chi connectivity index (χ3v) is 6.35. The van der Waals surface area contributed by atoms with Crippen molar-refractivity contribution in [1.82, 2.24) is 10.6 Å². The van der Waals surface area contributed by atoms with Crippen LogP contribution in [0.3, 0.4) is 0 Å². The highest BCUT2D eigenvalue weighted by atomic mass is 32.9. The molecule has 0 aromatic heterocycles. The molecule has 23 heavy (non-hydrogen) atoms. The van der Waals surface area contributed by atoms with Gasteiger partial charge in [-0.2, -0.15) is 0 Å². The average molecular weight is 383 g/mol. The van der Waals surface area contributed by atoms with Crippen LogP contribution in [-0.2, 0) is 35.7 Å². The number of esters is 1. The maximum atomic E-state index is 11.8. The molecule has 0 saturated carbocycles. The molecule has 7 nitrogen and oxygen atoms in total. The van der Waals surface area contributed by atoms with Gasteiger partial charge in [0.2, 0.25) is 18.2 Å². The number of rotatable bonds is 12. The molecule has 2 amide bonds. The van der Waals surface area contributed by atoms with Gasteiger partial charge in [0, 0.05) is 13.2 Å². The molecular weight excluding hydrogens is 359 g/mol. The van der Waals surface area contributed by atoms with Crippen LogP contribution in [0, 0.1) is 0 Å². The summed E-state index contributed by atoms with van der Waals surface area (Å²) in [5.41, 5.74) is 0. The van der Waals surface area contributed by atoms with E-state index in [0.717, 1.165) is 0 Å². The molecule has 0 spiro atoms. The molecule has 0 aromatic carbocycles. The Balaban J connectivity index is 3.90. The zero-order chi connectivity index (χ0) is 17.7. The van der Waals surface area contributed by atoms with Gasteiger partial charge in [-0.15, -0.1) is 0 Å². The fourth-order valence-electron chi connectivity index (χ4n) is 1.36. The Bertz CT molecular complexity index is 423. The van der Waals surface area contributed by atoms with E-state index in [1.54, 1.807) is 13.8 Å². The van der Waals surface area contributed by atoms with Gasteiger partial charge in [-0.3, -0.25) is 14.4 Å². The molecule has 2 atom stereocenters. The molecule has 0 bridgehead atoms. The minimum Gasteiger partial charge on any atom is -0.466 e. The molecule has 1 unspecified atom stereocenters. The van der Waals surface area contributed by atoms with Crippen LogP contribution in [0.2, 0.25) is 0 Å². The van der Waals surface area contributed by atoms with Gasteiger partial charge in [0.1, 0.15) is 23.2 Å².